The van der Waals surface area contributed by atoms with Gasteiger partial charge in [-0.25, -0.2) is 0 Å². The van der Waals surface area contributed by atoms with Crippen molar-refractivity contribution < 1.29 is 24.5 Å². The molecule has 1 aliphatic heterocycles. The number of ketones is 1. The van der Waals surface area contributed by atoms with E-state index >= 15 is 0 Å². The Kier molecular flexibility index (Phi) is 7.67. The number of phenolic OH excluding ortho intramolecular Hbond substituents is 1. The van der Waals surface area contributed by atoms with Crippen LogP contribution in [0.1, 0.15) is 71.8 Å². The number of carbonyl (C=O) groups excluding carboxylic acids is 2. The van der Waals surface area contributed by atoms with Crippen molar-refractivity contribution in [3.63, 3.8) is 0 Å². The molecule has 1 aromatic rings. The van der Waals surface area contributed by atoms with Crippen molar-refractivity contribution in [2.24, 2.45) is 10.9 Å². The molecule has 0 radical (unpaired) electrons. The number of hydrogen-bond acceptors (Lipinski definition) is 7. The van der Waals surface area contributed by atoms with Gasteiger partial charge in [0.15, 0.2) is 0 Å². The largest absolute Gasteiger partial charge is 0.507 e. The highest BCUT2D eigenvalue weighted by molar-refractivity contribution is 6.40. The maximum Gasteiger partial charge on any atom is 0.308 e. The molecule has 0 aromatic heterocycles. The van der Waals surface area contributed by atoms with Gasteiger partial charge >= 0.3 is 5.97 Å². The lowest BCUT2D eigenvalue weighted by Crippen LogP contribution is -2.29. The second-order valence-corrected chi connectivity index (χ2v) is 9.58. The van der Waals surface area contributed by atoms with Gasteiger partial charge in [-0.3, -0.25) is 14.6 Å². The van der Waals surface area contributed by atoms with E-state index in [0.29, 0.717) is 24.4 Å². The van der Waals surface area contributed by atoms with Gasteiger partial charge in [0, 0.05) is 29.6 Å². The summed E-state index contributed by atoms with van der Waals surface area (Å²) in [5, 5.41) is 21.6. The summed E-state index contributed by atoms with van der Waals surface area (Å²) in [6, 6.07) is 5.04. The number of carbonyl (C=O) groups is 2. The number of benzene rings is 1. The number of aliphatic imine (C=N–C) groups is 1. The summed E-state index contributed by atoms with van der Waals surface area (Å²) < 4.78 is 5.48. The van der Waals surface area contributed by atoms with Gasteiger partial charge in [-0.15, -0.1) is 0 Å². The highest BCUT2D eigenvalue weighted by atomic mass is 16.5. The number of Topliss-reactive ketones (excluding diaryl/α,β-unsaturated/α-hetero) is 1. The second-order valence-electron chi connectivity index (χ2n) is 9.58. The van der Waals surface area contributed by atoms with Crippen LogP contribution in [0.15, 0.2) is 51.4 Å². The van der Waals surface area contributed by atoms with Gasteiger partial charge in [0.2, 0.25) is 5.78 Å². The smallest absolute Gasteiger partial charge is 0.308 e. The Morgan fingerprint density at radius 2 is 1.83 bits per heavy atom. The standard InChI is InChI=1S/C29H36N2O5/c1-5-20-17(4)26(30-22(20)6-2)25-27(33)24(28(25)34)21-13-12-19(16-23(21)32)31(7-3)14-15-36-29(35)18-10-8-9-11-18/h12-13,16,18,32-33H,5-11,14-15H2,1-4H3/b26-25+. The van der Waals surface area contributed by atoms with Crippen molar-refractivity contribution in [2.75, 3.05) is 24.6 Å². The van der Waals surface area contributed by atoms with Crippen molar-refractivity contribution in [1.82, 2.24) is 0 Å². The van der Waals surface area contributed by atoms with E-state index < -0.39 is 0 Å². The van der Waals surface area contributed by atoms with Crippen LogP contribution in [0, 0.1) is 5.92 Å². The zero-order chi connectivity index (χ0) is 26.0. The molecule has 0 unspecified atom stereocenters. The van der Waals surface area contributed by atoms with Crippen LogP contribution in [0.4, 0.5) is 5.69 Å². The van der Waals surface area contributed by atoms with E-state index in [1.165, 1.54) is 0 Å². The fraction of sp³-hybridized carbons (Fsp3) is 0.483. The minimum absolute atomic E-state index is 0.0283. The minimum Gasteiger partial charge on any atom is -0.507 e. The van der Waals surface area contributed by atoms with E-state index in [4.69, 9.17) is 4.74 Å². The van der Waals surface area contributed by atoms with E-state index in [0.717, 1.165) is 61.1 Å². The molecule has 7 nitrogen and oxygen atoms in total. The molecule has 1 saturated carbocycles. The van der Waals surface area contributed by atoms with Crippen molar-refractivity contribution in [2.45, 2.75) is 66.2 Å². The molecule has 0 bridgehead atoms. The Balaban J connectivity index is 1.51. The molecule has 1 heterocycles. The lowest BCUT2D eigenvalue weighted by molar-refractivity contribution is -0.148. The lowest BCUT2D eigenvalue weighted by atomic mass is 9.81. The average Bonchev–Trinajstić information content (AvgIpc) is 3.51. The maximum atomic E-state index is 13.1. The van der Waals surface area contributed by atoms with Crippen LogP contribution in [-0.2, 0) is 14.3 Å². The zero-order valence-corrected chi connectivity index (χ0v) is 21.7. The summed E-state index contributed by atoms with van der Waals surface area (Å²) >= 11 is 0. The number of aliphatic hydroxyl groups is 1. The number of hydrogen-bond donors (Lipinski definition) is 2. The summed E-state index contributed by atoms with van der Waals surface area (Å²) in [6.07, 6.45) is 5.57. The average molecular weight is 493 g/mol. The number of likely N-dealkylation sites (N-methyl/N-ethyl adjacent to an activating group) is 1. The fourth-order valence-corrected chi connectivity index (χ4v) is 5.46. The normalized spacial score (nSPS) is 20.2. The van der Waals surface area contributed by atoms with Crippen LogP contribution in [0.25, 0.3) is 5.57 Å². The maximum absolute atomic E-state index is 13.1. The van der Waals surface area contributed by atoms with E-state index in [-0.39, 0.29) is 46.9 Å². The third-order valence-electron chi connectivity index (χ3n) is 7.55. The summed E-state index contributed by atoms with van der Waals surface area (Å²) in [6.45, 7) is 9.44. The van der Waals surface area contributed by atoms with E-state index in [1.807, 2.05) is 25.7 Å². The molecule has 1 fully saturated rings. The molecular weight excluding hydrogens is 456 g/mol. The molecule has 0 saturated heterocycles. The van der Waals surface area contributed by atoms with Crippen LogP contribution < -0.4 is 4.90 Å². The predicted octanol–water partition coefficient (Wildman–Crippen LogP) is 5.65. The summed E-state index contributed by atoms with van der Waals surface area (Å²) in [5.41, 5.74) is 4.91. The van der Waals surface area contributed by atoms with Crippen LogP contribution in [-0.4, -0.2) is 47.4 Å². The molecule has 4 rings (SSSR count). The quantitative estimate of drug-likeness (QED) is 0.341. The fourth-order valence-electron chi connectivity index (χ4n) is 5.46. The molecule has 3 aliphatic rings. The van der Waals surface area contributed by atoms with E-state index in [9.17, 15) is 19.8 Å². The molecule has 1 aromatic carbocycles. The topological polar surface area (TPSA) is 99.4 Å². The third-order valence-corrected chi connectivity index (χ3v) is 7.55. The zero-order valence-electron chi connectivity index (χ0n) is 21.7. The number of ether oxygens (including phenoxy) is 1. The van der Waals surface area contributed by atoms with Gasteiger partial charge < -0.3 is 19.8 Å². The minimum atomic E-state index is -0.312. The molecular formula is C29H36N2O5. The first-order valence-electron chi connectivity index (χ1n) is 13.1. The number of anilines is 1. The SMILES string of the molecule is CCC1=N/C(=C2/C(=O)C(c3ccc(N(CC)CCOC(=O)C4CCCC4)cc3O)=C2O)C(C)=C1CC. The van der Waals surface area contributed by atoms with Crippen molar-refractivity contribution in [1.29, 1.82) is 0 Å². The van der Waals surface area contributed by atoms with E-state index in [1.54, 1.807) is 18.2 Å². The van der Waals surface area contributed by atoms with Crippen LogP contribution in [0.5, 0.6) is 5.75 Å². The Labute approximate surface area is 212 Å². The number of esters is 1. The summed E-state index contributed by atoms with van der Waals surface area (Å²) in [4.78, 5) is 31.9. The number of allylic oxidation sites excluding steroid dienone is 4. The Morgan fingerprint density at radius 1 is 1.11 bits per heavy atom. The van der Waals surface area contributed by atoms with Gasteiger partial charge in [-0.2, -0.15) is 0 Å². The van der Waals surface area contributed by atoms with Crippen LogP contribution in [0.3, 0.4) is 0 Å². The molecule has 2 aliphatic carbocycles. The molecule has 0 spiro atoms. The monoisotopic (exact) mass is 492 g/mol. The first kappa shape index (κ1) is 25.7. The highest BCUT2D eigenvalue weighted by Crippen LogP contribution is 2.45. The first-order valence-corrected chi connectivity index (χ1v) is 13.1. The van der Waals surface area contributed by atoms with Gasteiger partial charge in [0.25, 0.3) is 0 Å². The Hall–Kier alpha value is -3.35. The van der Waals surface area contributed by atoms with Crippen molar-refractivity contribution >= 4 is 28.7 Å². The predicted molar refractivity (Wildman–Crippen MR) is 141 cm³/mol. The first-order chi connectivity index (χ1) is 17.3. The number of phenols is 1. The molecule has 0 amide bonds. The molecule has 0 atom stereocenters. The van der Waals surface area contributed by atoms with Gasteiger partial charge in [-0.05, 0) is 62.8 Å². The molecule has 7 heteroatoms. The molecule has 2 N–H and O–H groups in total. The summed E-state index contributed by atoms with van der Waals surface area (Å²) in [5.74, 6) is -0.613. The van der Waals surface area contributed by atoms with Crippen molar-refractivity contribution in [3.8, 4) is 5.75 Å². The third kappa shape index (κ3) is 4.59. The highest BCUT2D eigenvalue weighted by Gasteiger charge is 2.40. The van der Waals surface area contributed by atoms with Gasteiger partial charge in [0.05, 0.1) is 29.3 Å². The second kappa shape index (κ2) is 10.7. The van der Waals surface area contributed by atoms with Gasteiger partial charge in [-0.1, -0.05) is 26.7 Å². The number of nitrogens with zero attached hydrogens (tertiary/aromatic N) is 2. The lowest BCUT2D eigenvalue weighted by Gasteiger charge is -2.26. The van der Waals surface area contributed by atoms with Gasteiger partial charge in [0.1, 0.15) is 18.1 Å². The van der Waals surface area contributed by atoms with Crippen molar-refractivity contribution in [3.05, 3.63) is 51.9 Å². The van der Waals surface area contributed by atoms with E-state index in [2.05, 4.69) is 11.9 Å². The summed E-state index contributed by atoms with van der Waals surface area (Å²) in [7, 11) is 0. The number of aromatic hydroxyl groups is 1. The molecule has 192 valence electrons. The Bertz CT molecular complexity index is 1200. The molecule has 36 heavy (non-hydrogen) atoms. The van der Waals surface area contributed by atoms with Crippen LogP contribution in [0.2, 0.25) is 0 Å². The number of rotatable bonds is 9. The Morgan fingerprint density at radius 3 is 2.39 bits per heavy atom. The number of aliphatic hydroxyl groups excluding tert-OH is 1. The van der Waals surface area contributed by atoms with Crippen LogP contribution >= 0.6 is 0 Å².